The van der Waals surface area contributed by atoms with Gasteiger partial charge in [-0.3, -0.25) is 9.48 Å². The molecule has 0 radical (unpaired) electrons. The molecule has 2 heterocycles. The van der Waals surface area contributed by atoms with Gasteiger partial charge < -0.3 is 10.4 Å². The molecule has 0 aromatic carbocycles. The van der Waals surface area contributed by atoms with Gasteiger partial charge in [-0.05, 0) is 19.4 Å². The molecule has 0 aliphatic carbocycles. The maximum absolute atomic E-state index is 11.8. The van der Waals surface area contributed by atoms with Crippen molar-refractivity contribution in [1.29, 1.82) is 0 Å². The number of aliphatic hydroxyl groups is 1. The Labute approximate surface area is 105 Å². The first kappa shape index (κ1) is 12.5. The number of hydrogen-bond acceptors (Lipinski definition) is 4. The lowest BCUT2D eigenvalue weighted by Gasteiger charge is -2.03. The molecule has 0 unspecified atom stereocenters. The van der Waals surface area contributed by atoms with Gasteiger partial charge in [-0.15, -0.1) is 0 Å². The van der Waals surface area contributed by atoms with Gasteiger partial charge >= 0.3 is 0 Å². The summed E-state index contributed by atoms with van der Waals surface area (Å²) in [5.41, 5.74) is 2.13. The van der Waals surface area contributed by atoms with Gasteiger partial charge in [-0.2, -0.15) is 5.10 Å². The molecule has 0 aliphatic heterocycles. The third kappa shape index (κ3) is 2.33. The Hall–Kier alpha value is -1.95. The molecule has 0 saturated carbocycles. The van der Waals surface area contributed by atoms with Crippen molar-refractivity contribution in [3.05, 3.63) is 23.5 Å². The first-order valence-corrected chi connectivity index (χ1v) is 5.82. The van der Waals surface area contributed by atoms with Gasteiger partial charge in [-0.25, -0.2) is 4.98 Å². The fourth-order valence-electron chi connectivity index (χ4n) is 1.82. The second kappa shape index (κ2) is 5.14. The Morgan fingerprint density at radius 3 is 3.06 bits per heavy atom. The number of carbonyl (C=O) groups excluding carboxylic acids is 1. The van der Waals surface area contributed by atoms with E-state index in [-0.39, 0.29) is 12.5 Å². The third-order valence-electron chi connectivity index (χ3n) is 2.75. The highest BCUT2D eigenvalue weighted by Gasteiger charge is 2.11. The molecule has 0 bridgehead atoms. The number of amides is 1. The van der Waals surface area contributed by atoms with Crippen molar-refractivity contribution in [2.75, 3.05) is 13.2 Å². The zero-order chi connectivity index (χ0) is 13.1. The molecule has 6 nitrogen and oxygen atoms in total. The van der Waals surface area contributed by atoms with Crippen LogP contribution in [0.1, 0.15) is 22.5 Å². The van der Waals surface area contributed by atoms with Gasteiger partial charge in [0.2, 0.25) is 0 Å². The zero-order valence-corrected chi connectivity index (χ0v) is 10.5. The average Bonchev–Trinajstić information content (AvgIpc) is 2.65. The van der Waals surface area contributed by atoms with Crippen molar-refractivity contribution in [3.8, 4) is 0 Å². The first-order chi connectivity index (χ1) is 8.63. The largest absolute Gasteiger partial charge is 0.396 e. The van der Waals surface area contributed by atoms with Gasteiger partial charge in [0.1, 0.15) is 0 Å². The summed E-state index contributed by atoms with van der Waals surface area (Å²) in [5, 5.41) is 16.5. The topological polar surface area (TPSA) is 80.0 Å². The van der Waals surface area contributed by atoms with Crippen molar-refractivity contribution in [2.24, 2.45) is 7.05 Å². The van der Waals surface area contributed by atoms with Crippen LogP contribution in [-0.2, 0) is 7.05 Å². The Morgan fingerprint density at radius 2 is 2.33 bits per heavy atom. The average molecular weight is 248 g/mol. The normalized spacial score (nSPS) is 10.8. The molecule has 0 aliphatic rings. The molecule has 0 atom stereocenters. The van der Waals surface area contributed by atoms with Crippen LogP contribution < -0.4 is 5.32 Å². The van der Waals surface area contributed by atoms with E-state index in [9.17, 15) is 4.79 Å². The lowest BCUT2D eigenvalue weighted by Crippen LogP contribution is -2.25. The number of carbonyl (C=O) groups is 1. The van der Waals surface area contributed by atoms with Crippen molar-refractivity contribution in [3.63, 3.8) is 0 Å². The molecule has 1 amide bonds. The summed E-state index contributed by atoms with van der Waals surface area (Å²) < 4.78 is 1.69. The van der Waals surface area contributed by atoms with Crippen molar-refractivity contribution in [2.45, 2.75) is 13.3 Å². The summed E-state index contributed by atoms with van der Waals surface area (Å²) in [6, 6.07) is 1.79. The van der Waals surface area contributed by atoms with Gasteiger partial charge in [-0.1, -0.05) is 0 Å². The number of fused-ring (bicyclic) bond motifs is 1. The lowest BCUT2D eigenvalue weighted by molar-refractivity contribution is 0.0951. The number of nitrogens with zero attached hydrogens (tertiary/aromatic N) is 3. The maximum Gasteiger partial charge on any atom is 0.252 e. The van der Waals surface area contributed by atoms with Gasteiger partial charge in [0.25, 0.3) is 5.91 Å². The van der Waals surface area contributed by atoms with Crippen LogP contribution in [0.2, 0.25) is 0 Å². The Balaban J connectivity index is 2.24. The van der Waals surface area contributed by atoms with Crippen molar-refractivity contribution in [1.82, 2.24) is 20.1 Å². The highest BCUT2D eigenvalue weighted by molar-refractivity contribution is 5.97. The van der Waals surface area contributed by atoms with E-state index in [1.165, 1.54) is 6.20 Å². The molecular formula is C12H16N4O2. The zero-order valence-electron chi connectivity index (χ0n) is 10.5. The van der Waals surface area contributed by atoms with E-state index in [4.69, 9.17) is 5.11 Å². The Morgan fingerprint density at radius 1 is 1.56 bits per heavy atom. The number of aromatic nitrogens is 3. The molecule has 0 fully saturated rings. The van der Waals surface area contributed by atoms with E-state index in [2.05, 4.69) is 15.4 Å². The summed E-state index contributed by atoms with van der Waals surface area (Å²) in [5.74, 6) is -0.180. The number of hydrogen-bond donors (Lipinski definition) is 2. The van der Waals surface area contributed by atoms with Crippen LogP contribution in [0.3, 0.4) is 0 Å². The van der Waals surface area contributed by atoms with Crippen LogP contribution in [0.25, 0.3) is 11.0 Å². The summed E-state index contributed by atoms with van der Waals surface area (Å²) >= 11 is 0. The molecule has 2 aromatic rings. The highest BCUT2D eigenvalue weighted by atomic mass is 16.3. The molecule has 0 saturated heterocycles. The SMILES string of the molecule is Cc1nn(C)c2ncc(C(=O)NCCCO)cc12. The predicted molar refractivity (Wildman–Crippen MR) is 67.3 cm³/mol. The Kier molecular flexibility index (Phi) is 3.57. The number of pyridine rings is 1. The molecule has 2 rings (SSSR count). The third-order valence-corrected chi connectivity index (χ3v) is 2.75. The number of rotatable bonds is 4. The fraction of sp³-hybridized carbons (Fsp3) is 0.417. The summed E-state index contributed by atoms with van der Waals surface area (Å²) in [4.78, 5) is 16.1. The molecule has 2 N–H and O–H groups in total. The van der Waals surface area contributed by atoms with E-state index >= 15 is 0 Å². The maximum atomic E-state index is 11.8. The van der Waals surface area contributed by atoms with E-state index in [1.54, 1.807) is 10.7 Å². The number of nitrogens with one attached hydrogen (secondary N) is 1. The van der Waals surface area contributed by atoms with E-state index in [0.717, 1.165) is 16.7 Å². The number of aliphatic hydroxyl groups excluding tert-OH is 1. The summed E-state index contributed by atoms with van der Waals surface area (Å²) in [6.07, 6.45) is 2.09. The van der Waals surface area contributed by atoms with Gasteiger partial charge in [0, 0.05) is 31.8 Å². The smallest absolute Gasteiger partial charge is 0.252 e. The molecule has 6 heteroatoms. The van der Waals surface area contributed by atoms with Crippen LogP contribution in [0.4, 0.5) is 0 Å². The van der Waals surface area contributed by atoms with E-state index < -0.39 is 0 Å². The monoisotopic (exact) mass is 248 g/mol. The fourth-order valence-corrected chi connectivity index (χ4v) is 1.82. The van der Waals surface area contributed by atoms with E-state index in [0.29, 0.717) is 18.5 Å². The van der Waals surface area contributed by atoms with Crippen LogP contribution in [0, 0.1) is 6.92 Å². The first-order valence-electron chi connectivity index (χ1n) is 5.82. The minimum absolute atomic E-state index is 0.0687. The minimum Gasteiger partial charge on any atom is -0.396 e. The minimum atomic E-state index is -0.180. The molecule has 0 spiro atoms. The second-order valence-corrected chi connectivity index (χ2v) is 4.14. The van der Waals surface area contributed by atoms with Crippen molar-refractivity contribution >= 4 is 16.9 Å². The van der Waals surface area contributed by atoms with Gasteiger partial charge in [0.15, 0.2) is 5.65 Å². The van der Waals surface area contributed by atoms with Crippen LogP contribution >= 0.6 is 0 Å². The molecular weight excluding hydrogens is 232 g/mol. The molecule has 2 aromatic heterocycles. The standard InChI is InChI=1S/C12H16N4O2/c1-8-10-6-9(12(18)13-4-3-5-17)7-14-11(10)16(2)15-8/h6-7,17H,3-5H2,1-2H3,(H,13,18). The summed E-state index contributed by atoms with van der Waals surface area (Å²) in [7, 11) is 1.82. The quantitative estimate of drug-likeness (QED) is 0.767. The van der Waals surface area contributed by atoms with Crippen molar-refractivity contribution < 1.29 is 9.90 Å². The van der Waals surface area contributed by atoms with Crippen LogP contribution in [-0.4, -0.2) is 38.9 Å². The van der Waals surface area contributed by atoms with E-state index in [1.807, 2.05) is 14.0 Å². The Bertz CT molecular complexity index is 577. The van der Waals surface area contributed by atoms with Gasteiger partial charge in [0.05, 0.1) is 11.3 Å². The van der Waals surface area contributed by atoms with Crippen LogP contribution in [0.15, 0.2) is 12.3 Å². The molecule has 18 heavy (non-hydrogen) atoms. The predicted octanol–water partition coefficient (Wildman–Crippen LogP) is 0.389. The lowest BCUT2D eigenvalue weighted by atomic mass is 10.2. The number of aryl methyl sites for hydroxylation is 2. The second-order valence-electron chi connectivity index (χ2n) is 4.14. The summed E-state index contributed by atoms with van der Waals surface area (Å²) in [6.45, 7) is 2.41. The van der Waals surface area contributed by atoms with Crippen LogP contribution in [0.5, 0.6) is 0 Å². The highest BCUT2D eigenvalue weighted by Crippen LogP contribution is 2.16. The molecule has 96 valence electrons.